The van der Waals surface area contributed by atoms with E-state index in [2.05, 4.69) is 10.6 Å². The van der Waals surface area contributed by atoms with Crippen LogP contribution in [0.25, 0.3) is 0 Å². The number of halogens is 2. The van der Waals surface area contributed by atoms with Crippen LogP contribution in [0.15, 0.2) is 24.3 Å². The van der Waals surface area contributed by atoms with Crippen LogP contribution in [0.1, 0.15) is 64.0 Å². The minimum absolute atomic E-state index is 0.0814. The Labute approximate surface area is 164 Å². The molecule has 7 heteroatoms. The average molecular weight is 393 g/mol. The molecule has 2 atom stereocenters. The summed E-state index contributed by atoms with van der Waals surface area (Å²) in [6.07, 6.45) is 2.13. The molecule has 2 fully saturated rings. The second kappa shape index (κ2) is 8.45. The van der Waals surface area contributed by atoms with Crippen molar-refractivity contribution in [2.75, 3.05) is 11.4 Å². The first-order chi connectivity index (χ1) is 13.2. The first kappa shape index (κ1) is 20.6. The number of carbonyl (C=O) groups is 2. The molecule has 5 nitrogen and oxygen atoms in total. The van der Waals surface area contributed by atoms with E-state index < -0.39 is 5.92 Å². The number of nitrogens with one attached hydrogen (secondary N) is 2. The molecule has 1 aromatic carbocycles. The lowest BCUT2D eigenvalue weighted by Crippen LogP contribution is -2.46. The summed E-state index contributed by atoms with van der Waals surface area (Å²) in [5.74, 6) is -2.33. The maximum absolute atomic E-state index is 13.3. The Bertz CT molecular complexity index is 698. The van der Waals surface area contributed by atoms with Gasteiger partial charge in [-0.25, -0.2) is 13.6 Å². The van der Waals surface area contributed by atoms with Crippen LogP contribution in [0.3, 0.4) is 0 Å². The van der Waals surface area contributed by atoms with Crippen molar-refractivity contribution < 1.29 is 18.4 Å². The largest absolute Gasteiger partial charge is 0.335 e. The van der Waals surface area contributed by atoms with Crippen LogP contribution < -0.4 is 15.5 Å². The zero-order chi connectivity index (χ0) is 20.3. The summed E-state index contributed by atoms with van der Waals surface area (Å²) in [6.45, 7) is 4.51. The van der Waals surface area contributed by atoms with E-state index in [0.717, 1.165) is 24.2 Å². The van der Waals surface area contributed by atoms with Crippen LogP contribution in [0, 0.1) is 5.92 Å². The Hall–Kier alpha value is -2.18. The topological polar surface area (TPSA) is 61.4 Å². The number of hydrogen-bond acceptors (Lipinski definition) is 2. The van der Waals surface area contributed by atoms with Crippen molar-refractivity contribution in [3.05, 3.63) is 29.8 Å². The van der Waals surface area contributed by atoms with Gasteiger partial charge < -0.3 is 15.5 Å². The minimum Gasteiger partial charge on any atom is -0.335 e. The summed E-state index contributed by atoms with van der Waals surface area (Å²) in [5, 5.41) is 5.79. The van der Waals surface area contributed by atoms with Crippen molar-refractivity contribution in [1.29, 1.82) is 0 Å². The standard InChI is InChI=1S/C21H29F2N3O2/c1-14(16-5-7-18(8-6-16)26-13-3-4-19(26)27)24-20(28)25-15(2)17-9-11-21(22,23)12-10-17/h5-8,14-15,17H,3-4,9-13H2,1-2H3,(H2,24,25,28). The van der Waals surface area contributed by atoms with Crippen molar-refractivity contribution in [3.8, 4) is 0 Å². The van der Waals surface area contributed by atoms with E-state index in [1.807, 2.05) is 38.1 Å². The molecule has 3 amide bonds. The van der Waals surface area contributed by atoms with Gasteiger partial charge in [0.1, 0.15) is 0 Å². The number of hydrogen-bond donors (Lipinski definition) is 2. The van der Waals surface area contributed by atoms with Gasteiger partial charge in [0.05, 0.1) is 6.04 Å². The van der Waals surface area contributed by atoms with Gasteiger partial charge in [-0.3, -0.25) is 4.79 Å². The molecule has 1 aromatic rings. The number of anilines is 1. The molecule has 0 aromatic heterocycles. The number of carbonyl (C=O) groups excluding carboxylic acids is 2. The number of rotatable bonds is 5. The summed E-state index contributed by atoms with van der Waals surface area (Å²) < 4.78 is 26.6. The highest BCUT2D eigenvalue weighted by molar-refractivity contribution is 5.95. The smallest absolute Gasteiger partial charge is 0.315 e. The first-order valence-corrected chi connectivity index (χ1v) is 10.1. The van der Waals surface area contributed by atoms with Crippen molar-refractivity contribution in [3.63, 3.8) is 0 Å². The fourth-order valence-electron chi connectivity index (χ4n) is 4.07. The molecule has 154 valence electrons. The lowest BCUT2D eigenvalue weighted by atomic mass is 9.82. The average Bonchev–Trinajstić information content (AvgIpc) is 3.07. The van der Waals surface area contributed by atoms with Gasteiger partial charge in [-0.05, 0) is 56.7 Å². The van der Waals surface area contributed by atoms with E-state index in [1.54, 1.807) is 4.90 Å². The summed E-state index contributed by atoms with van der Waals surface area (Å²) in [6, 6.07) is 6.99. The molecule has 28 heavy (non-hydrogen) atoms. The Morgan fingerprint density at radius 3 is 2.36 bits per heavy atom. The number of benzene rings is 1. The van der Waals surface area contributed by atoms with E-state index in [4.69, 9.17) is 0 Å². The molecule has 2 N–H and O–H groups in total. The molecular formula is C21H29F2N3O2. The molecule has 3 rings (SSSR count). The van der Waals surface area contributed by atoms with Crippen LogP contribution in [-0.4, -0.2) is 30.4 Å². The highest BCUT2D eigenvalue weighted by Gasteiger charge is 2.36. The Morgan fingerprint density at radius 2 is 1.79 bits per heavy atom. The zero-order valence-electron chi connectivity index (χ0n) is 16.5. The van der Waals surface area contributed by atoms with Gasteiger partial charge >= 0.3 is 6.03 Å². The van der Waals surface area contributed by atoms with Gasteiger partial charge in [0.15, 0.2) is 0 Å². The Balaban J connectivity index is 1.49. The SMILES string of the molecule is CC(NC(=O)NC(C)C1CCC(F)(F)CC1)c1ccc(N2CCCC2=O)cc1. The molecular weight excluding hydrogens is 364 g/mol. The Morgan fingerprint density at radius 1 is 1.14 bits per heavy atom. The van der Waals surface area contributed by atoms with Gasteiger partial charge in [-0.1, -0.05) is 12.1 Å². The van der Waals surface area contributed by atoms with Gasteiger partial charge in [0.25, 0.3) is 0 Å². The third-order valence-corrected chi connectivity index (χ3v) is 5.95. The van der Waals surface area contributed by atoms with Crippen LogP contribution in [0.4, 0.5) is 19.3 Å². The lowest BCUT2D eigenvalue weighted by molar-refractivity contribution is -0.117. The molecule has 1 aliphatic heterocycles. The monoisotopic (exact) mass is 393 g/mol. The van der Waals surface area contributed by atoms with Crippen LogP contribution in [0.5, 0.6) is 0 Å². The Kier molecular flexibility index (Phi) is 6.20. The van der Waals surface area contributed by atoms with E-state index in [-0.39, 0.29) is 42.8 Å². The minimum atomic E-state index is -2.56. The van der Waals surface area contributed by atoms with E-state index in [1.165, 1.54) is 0 Å². The second-order valence-electron chi connectivity index (χ2n) is 8.06. The van der Waals surface area contributed by atoms with Crippen molar-refractivity contribution in [2.45, 2.75) is 70.4 Å². The first-order valence-electron chi connectivity index (χ1n) is 10.1. The molecule has 2 unspecified atom stereocenters. The van der Waals surface area contributed by atoms with E-state index in [9.17, 15) is 18.4 Å². The zero-order valence-corrected chi connectivity index (χ0v) is 16.5. The van der Waals surface area contributed by atoms with Gasteiger partial charge in [0, 0.05) is 37.5 Å². The fraction of sp³-hybridized carbons (Fsp3) is 0.619. The van der Waals surface area contributed by atoms with Crippen molar-refractivity contribution in [1.82, 2.24) is 10.6 Å². The number of nitrogens with zero attached hydrogens (tertiary/aromatic N) is 1. The molecule has 1 heterocycles. The molecule has 1 aliphatic carbocycles. The quantitative estimate of drug-likeness (QED) is 0.780. The number of urea groups is 1. The van der Waals surface area contributed by atoms with Gasteiger partial charge in [-0.15, -0.1) is 0 Å². The molecule has 0 radical (unpaired) electrons. The van der Waals surface area contributed by atoms with Crippen molar-refractivity contribution >= 4 is 17.6 Å². The van der Waals surface area contributed by atoms with Crippen LogP contribution in [-0.2, 0) is 4.79 Å². The third kappa shape index (κ3) is 5.00. The molecule has 0 bridgehead atoms. The number of alkyl halides is 2. The number of amides is 3. The predicted octanol–water partition coefficient (Wildman–Crippen LogP) is 4.39. The molecule has 1 saturated heterocycles. The highest BCUT2D eigenvalue weighted by Crippen LogP contribution is 2.37. The van der Waals surface area contributed by atoms with Crippen LogP contribution in [0.2, 0.25) is 0 Å². The van der Waals surface area contributed by atoms with Gasteiger partial charge in [0.2, 0.25) is 11.8 Å². The second-order valence-corrected chi connectivity index (χ2v) is 8.06. The third-order valence-electron chi connectivity index (χ3n) is 5.95. The van der Waals surface area contributed by atoms with Crippen LogP contribution >= 0.6 is 0 Å². The fourth-order valence-corrected chi connectivity index (χ4v) is 4.07. The lowest BCUT2D eigenvalue weighted by Gasteiger charge is -2.32. The maximum atomic E-state index is 13.3. The normalized spacial score (nSPS) is 22.0. The highest BCUT2D eigenvalue weighted by atomic mass is 19.3. The van der Waals surface area contributed by atoms with E-state index in [0.29, 0.717) is 19.3 Å². The van der Waals surface area contributed by atoms with E-state index >= 15 is 0 Å². The maximum Gasteiger partial charge on any atom is 0.315 e. The predicted molar refractivity (Wildman–Crippen MR) is 104 cm³/mol. The molecule has 2 aliphatic rings. The van der Waals surface area contributed by atoms with Crippen molar-refractivity contribution in [2.24, 2.45) is 5.92 Å². The summed E-state index contributed by atoms with van der Waals surface area (Å²) in [7, 11) is 0. The summed E-state index contributed by atoms with van der Waals surface area (Å²) in [4.78, 5) is 25.9. The summed E-state index contributed by atoms with van der Waals surface area (Å²) >= 11 is 0. The van der Waals surface area contributed by atoms with Gasteiger partial charge in [-0.2, -0.15) is 0 Å². The molecule has 0 spiro atoms. The molecule has 1 saturated carbocycles. The summed E-state index contributed by atoms with van der Waals surface area (Å²) in [5.41, 5.74) is 1.82.